The Hall–Kier alpha value is -1.42. The molecule has 4 nitrogen and oxygen atoms in total. The van der Waals surface area contributed by atoms with Gasteiger partial charge in [-0.25, -0.2) is 0 Å². The lowest BCUT2D eigenvalue weighted by Gasteiger charge is -2.31. The van der Waals surface area contributed by atoms with Crippen LogP contribution in [0.4, 0.5) is 0 Å². The van der Waals surface area contributed by atoms with E-state index in [0.717, 1.165) is 0 Å². The minimum Gasteiger partial charge on any atom is -0.493 e. The summed E-state index contributed by atoms with van der Waals surface area (Å²) in [7, 11) is 0. The van der Waals surface area contributed by atoms with Crippen molar-refractivity contribution in [1.82, 2.24) is 0 Å². The van der Waals surface area contributed by atoms with Gasteiger partial charge in [0.1, 0.15) is 5.76 Å². The number of unbranched alkanes of at least 4 members (excludes halogenated alkanes) is 1. The SMILES string of the molecule is CC(C)(C)C1=CC(OCCCCO)=C(C(C)(C)C)C(=O)C1=O. The van der Waals surface area contributed by atoms with Gasteiger partial charge in [0.2, 0.25) is 11.6 Å². The van der Waals surface area contributed by atoms with E-state index in [2.05, 4.69) is 0 Å². The molecule has 0 saturated heterocycles. The van der Waals surface area contributed by atoms with Gasteiger partial charge in [-0.05, 0) is 29.7 Å². The molecule has 0 amide bonds. The molecule has 0 radical (unpaired) electrons. The largest absolute Gasteiger partial charge is 0.493 e. The predicted molar refractivity (Wildman–Crippen MR) is 86.3 cm³/mol. The molecular formula is C18H28O4. The van der Waals surface area contributed by atoms with Crippen molar-refractivity contribution in [1.29, 1.82) is 0 Å². The summed E-state index contributed by atoms with van der Waals surface area (Å²) in [4.78, 5) is 25.0. The molecule has 1 aliphatic carbocycles. The summed E-state index contributed by atoms with van der Waals surface area (Å²) in [5.41, 5.74) is 0.0617. The number of hydrogen-bond acceptors (Lipinski definition) is 4. The normalized spacial score (nSPS) is 17.0. The molecule has 0 saturated carbocycles. The van der Waals surface area contributed by atoms with Crippen LogP contribution in [0.25, 0.3) is 0 Å². The number of carbonyl (C=O) groups excluding carboxylic acids is 2. The Morgan fingerprint density at radius 1 is 0.955 bits per heavy atom. The van der Waals surface area contributed by atoms with Gasteiger partial charge in [-0.1, -0.05) is 41.5 Å². The van der Waals surface area contributed by atoms with E-state index in [1.54, 1.807) is 6.08 Å². The number of allylic oxidation sites excluding steroid dienone is 3. The summed E-state index contributed by atoms with van der Waals surface area (Å²) in [6.07, 6.45) is 3.09. The molecule has 0 aromatic carbocycles. The molecule has 0 aromatic rings. The molecule has 1 N–H and O–H groups in total. The van der Waals surface area contributed by atoms with Gasteiger partial charge in [0.15, 0.2) is 0 Å². The van der Waals surface area contributed by atoms with Crippen LogP contribution in [0, 0.1) is 10.8 Å². The fourth-order valence-corrected chi connectivity index (χ4v) is 2.39. The van der Waals surface area contributed by atoms with Crippen molar-refractivity contribution < 1.29 is 19.4 Å². The van der Waals surface area contributed by atoms with E-state index in [4.69, 9.17) is 9.84 Å². The Balaban J connectivity index is 3.25. The standard InChI is InChI=1S/C18H28O4/c1-17(2,3)12-11-13(22-10-8-7-9-19)14(18(4,5)6)16(21)15(12)20/h11,19H,7-10H2,1-6H3. The van der Waals surface area contributed by atoms with Gasteiger partial charge in [-0.15, -0.1) is 0 Å². The van der Waals surface area contributed by atoms with Crippen LogP contribution in [-0.4, -0.2) is 29.9 Å². The van der Waals surface area contributed by atoms with Crippen LogP contribution >= 0.6 is 0 Å². The van der Waals surface area contributed by atoms with Crippen molar-refractivity contribution in [3.63, 3.8) is 0 Å². The van der Waals surface area contributed by atoms with E-state index >= 15 is 0 Å². The van der Waals surface area contributed by atoms with Crippen LogP contribution in [0.3, 0.4) is 0 Å². The molecule has 124 valence electrons. The molecule has 4 heteroatoms. The zero-order valence-corrected chi connectivity index (χ0v) is 14.6. The lowest BCUT2D eigenvalue weighted by Crippen LogP contribution is -2.34. The van der Waals surface area contributed by atoms with Crippen LogP contribution < -0.4 is 0 Å². The van der Waals surface area contributed by atoms with Gasteiger partial charge in [0.25, 0.3) is 0 Å². The maximum absolute atomic E-state index is 12.6. The average Bonchev–Trinajstić information content (AvgIpc) is 2.35. The monoisotopic (exact) mass is 308 g/mol. The number of Topliss-reactive ketones (excluding diaryl/α,β-unsaturated/α-hetero) is 2. The van der Waals surface area contributed by atoms with Gasteiger partial charge in [0.05, 0.1) is 12.2 Å². The van der Waals surface area contributed by atoms with Gasteiger partial charge in [-0.2, -0.15) is 0 Å². The maximum Gasteiger partial charge on any atom is 0.233 e. The summed E-state index contributed by atoms with van der Waals surface area (Å²) in [6, 6.07) is 0. The summed E-state index contributed by atoms with van der Waals surface area (Å²) < 4.78 is 5.79. The number of rotatable bonds is 5. The van der Waals surface area contributed by atoms with Gasteiger partial charge < -0.3 is 9.84 Å². The molecule has 0 heterocycles. The quantitative estimate of drug-likeness (QED) is 0.481. The molecule has 0 fully saturated rings. The number of hydrogen-bond donors (Lipinski definition) is 1. The number of ether oxygens (including phenoxy) is 1. The smallest absolute Gasteiger partial charge is 0.233 e. The summed E-state index contributed by atoms with van der Waals surface area (Å²) in [5.74, 6) is -0.391. The zero-order valence-electron chi connectivity index (χ0n) is 14.6. The molecule has 0 unspecified atom stereocenters. The van der Waals surface area contributed by atoms with E-state index < -0.39 is 22.4 Å². The molecule has 0 aromatic heterocycles. The highest BCUT2D eigenvalue weighted by molar-refractivity contribution is 6.50. The minimum absolute atomic E-state index is 0.120. The summed E-state index contributed by atoms with van der Waals surface area (Å²) in [6.45, 7) is 12.0. The lowest BCUT2D eigenvalue weighted by atomic mass is 9.73. The number of ketones is 2. The molecule has 0 bridgehead atoms. The van der Waals surface area contributed by atoms with Crippen LogP contribution in [-0.2, 0) is 14.3 Å². The van der Waals surface area contributed by atoms with Crippen molar-refractivity contribution >= 4 is 11.6 Å². The highest BCUT2D eigenvalue weighted by Gasteiger charge is 2.40. The first kappa shape index (κ1) is 18.6. The Labute approximate surface area is 133 Å². The second kappa shape index (κ2) is 6.78. The Bertz CT molecular complexity index is 510. The summed E-state index contributed by atoms with van der Waals surface area (Å²) in [5, 5.41) is 8.83. The third-order valence-corrected chi connectivity index (χ3v) is 3.57. The van der Waals surface area contributed by atoms with Gasteiger partial charge in [-0.3, -0.25) is 9.59 Å². The molecule has 1 aliphatic rings. The number of aliphatic hydroxyl groups is 1. The van der Waals surface area contributed by atoms with E-state index in [-0.39, 0.29) is 6.61 Å². The topological polar surface area (TPSA) is 63.6 Å². The van der Waals surface area contributed by atoms with Crippen molar-refractivity contribution in [2.75, 3.05) is 13.2 Å². The van der Waals surface area contributed by atoms with E-state index in [1.807, 2.05) is 41.5 Å². The average molecular weight is 308 g/mol. The van der Waals surface area contributed by atoms with Gasteiger partial charge in [0, 0.05) is 12.2 Å². The van der Waals surface area contributed by atoms with Crippen LogP contribution in [0.2, 0.25) is 0 Å². The number of aliphatic hydroxyl groups excluding tert-OH is 1. The molecule has 22 heavy (non-hydrogen) atoms. The zero-order chi connectivity index (χ0) is 17.1. The molecular weight excluding hydrogens is 280 g/mol. The third-order valence-electron chi connectivity index (χ3n) is 3.57. The van der Waals surface area contributed by atoms with Crippen molar-refractivity contribution in [2.45, 2.75) is 54.4 Å². The first-order valence-electron chi connectivity index (χ1n) is 7.79. The Morgan fingerprint density at radius 2 is 1.55 bits per heavy atom. The van der Waals surface area contributed by atoms with Crippen LogP contribution in [0.5, 0.6) is 0 Å². The van der Waals surface area contributed by atoms with Crippen molar-refractivity contribution in [3.8, 4) is 0 Å². The Kier molecular flexibility index (Phi) is 5.74. The molecule has 0 aliphatic heterocycles. The fraction of sp³-hybridized carbons (Fsp3) is 0.667. The first-order valence-corrected chi connectivity index (χ1v) is 7.79. The van der Waals surface area contributed by atoms with E-state index in [1.165, 1.54) is 0 Å². The van der Waals surface area contributed by atoms with Crippen molar-refractivity contribution in [2.24, 2.45) is 10.8 Å². The minimum atomic E-state index is -0.461. The number of carbonyl (C=O) groups is 2. The highest BCUT2D eigenvalue weighted by Crippen LogP contribution is 2.38. The van der Waals surface area contributed by atoms with Gasteiger partial charge >= 0.3 is 0 Å². The van der Waals surface area contributed by atoms with Crippen LogP contribution in [0.15, 0.2) is 23.0 Å². The fourth-order valence-electron chi connectivity index (χ4n) is 2.39. The second-order valence-corrected chi connectivity index (χ2v) is 7.73. The molecule has 1 rings (SSSR count). The van der Waals surface area contributed by atoms with Crippen LogP contribution in [0.1, 0.15) is 54.4 Å². The molecule has 0 spiro atoms. The predicted octanol–water partition coefficient (Wildman–Crippen LogP) is 3.20. The second-order valence-electron chi connectivity index (χ2n) is 7.73. The van der Waals surface area contributed by atoms with E-state index in [0.29, 0.717) is 36.4 Å². The highest BCUT2D eigenvalue weighted by atomic mass is 16.5. The van der Waals surface area contributed by atoms with Crippen molar-refractivity contribution in [3.05, 3.63) is 23.0 Å². The molecule has 0 atom stereocenters. The van der Waals surface area contributed by atoms with E-state index in [9.17, 15) is 9.59 Å². The maximum atomic E-state index is 12.6. The summed E-state index contributed by atoms with van der Waals surface area (Å²) >= 11 is 0. The first-order chi connectivity index (χ1) is 10.00. The third kappa shape index (κ3) is 4.29. The lowest BCUT2D eigenvalue weighted by molar-refractivity contribution is -0.133. The Morgan fingerprint density at radius 3 is 2.00 bits per heavy atom.